The third-order valence-corrected chi connectivity index (χ3v) is 3.22. The summed E-state index contributed by atoms with van der Waals surface area (Å²) >= 11 is 0. The van der Waals surface area contributed by atoms with E-state index in [0.717, 1.165) is 38.2 Å². The van der Waals surface area contributed by atoms with Gasteiger partial charge in [0.15, 0.2) is 0 Å². The molecule has 0 radical (unpaired) electrons. The van der Waals surface area contributed by atoms with Gasteiger partial charge in [-0.05, 0) is 45.6 Å². The van der Waals surface area contributed by atoms with Crippen LogP contribution in [-0.4, -0.2) is 26.8 Å². The van der Waals surface area contributed by atoms with Gasteiger partial charge in [0.05, 0.1) is 0 Å². The van der Waals surface area contributed by atoms with Crippen LogP contribution in [0.1, 0.15) is 60.2 Å². The first-order valence-electron chi connectivity index (χ1n) is 7.35. The molecule has 110 valence electrons. The van der Waals surface area contributed by atoms with Gasteiger partial charge in [0.1, 0.15) is 12.2 Å². The Morgan fingerprint density at radius 3 is 2.47 bits per heavy atom. The van der Waals surface area contributed by atoms with Crippen molar-refractivity contribution in [3.05, 3.63) is 12.2 Å². The molecule has 0 saturated heterocycles. The van der Waals surface area contributed by atoms with E-state index in [1.807, 2.05) is 4.68 Å². The third kappa shape index (κ3) is 6.19. The fourth-order valence-electron chi connectivity index (χ4n) is 2.12. The summed E-state index contributed by atoms with van der Waals surface area (Å²) in [5.74, 6) is 1.11. The molecule has 0 bridgehead atoms. The zero-order chi connectivity index (χ0) is 14.5. The highest BCUT2D eigenvalue weighted by atomic mass is 15.3. The summed E-state index contributed by atoms with van der Waals surface area (Å²) in [4.78, 5) is 4.41. The molecule has 0 fully saturated rings. The summed E-state index contributed by atoms with van der Waals surface area (Å²) in [5, 5.41) is 7.85. The second kappa shape index (κ2) is 6.51. The van der Waals surface area contributed by atoms with E-state index in [1.54, 1.807) is 6.33 Å². The fourth-order valence-corrected chi connectivity index (χ4v) is 2.12. The molecule has 0 aliphatic carbocycles. The van der Waals surface area contributed by atoms with E-state index in [4.69, 9.17) is 0 Å². The molecule has 0 atom stereocenters. The van der Waals surface area contributed by atoms with Crippen LogP contribution in [0.5, 0.6) is 0 Å². The molecule has 0 saturated carbocycles. The molecule has 1 heterocycles. The first-order chi connectivity index (χ1) is 8.73. The zero-order valence-electron chi connectivity index (χ0n) is 13.5. The van der Waals surface area contributed by atoms with Gasteiger partial charge in [0, 0.05) is 18.5 Å². The Kier molecular flexibility index (Phi) is 5.53. The molecule has 19 heavy (non-hydrogen) atoms. The number of nitrogens with one attached hydrogen (secondary N) is 1. The number of rotatable bonds is 7. The second-order valence-corrected chi connectivity index (χ2v) is 7.17. The van der Waals surface area contributed by atoms with Gasteiger partial charge in [-0.25, -0.2) is 4.98 Å². The van der Waals surface area contributed by atoms with Crippen LogP contribution < -0.4 is 5.32 Å². The van der Waals surface area contributed by atoms with Crippen molar-refractivity contribution in [2.24, 2.45) is 5.41 Å². The van der Waals surface area contributed by atoms with Crippen molar-refractivity contribution >= 4 is 0 Å². The van der Waals surface area contributed by atoms with Crippen molar-refractivity contribution in [3.63, 3.8) is 0 Å². The van der Waals surface area contributed by atoms with Crippen LogP contribution in [0.2, 0.25) is 0 Å². The normalized spacial score (nSPS) is 12.9. The molecular weight excluding hydrogens is 236 g/mol. The topological polar surface area (TPSA) is 42.7 Å². The maximum atomic E-state index is 4.41. The molecule has 1 rings (SSSR count). The van der Waals surface area contributed by atoms with E-state index in [2.05, 4.69) is 56.9 Å². The summed E-state index contributed by atoms with van der Waals surface area (Å²) in [6, 6.07) is 0. The van der Waals surface area contributed by atoms with Crippen molar-refractivity contribution < 1.29 is 0 Å². The molecule has 0 aliphatic heterocycles. The lowest BCUT2D eigenvalue weighted by molar-refractivity contribution is 0.292. The third-order valence-electron chi connectivity index (χ3n) is 3.22. The van der Waals surface area contributed by atoms with Crippen LogP contribution in [0.15, 0.2) is 6.33 Å². The molecule has 0 unspecified atom stereocenters. The van der Waals surface area contributed by atoms with E-state index in [0.29, 0.717) is 0 Å². The lowest BCUT2D eigenvalue weighted by Gasteiger charge is -2.27. The Morgan fingerprint density at radius 2 is 1.89 bits per heavy atom. The Bertz CT molecular complexity index is 374. The highest BCUT2D eigenvalue weighted by Gasteiger charge is 2.22. The average molecular weight is 266 g/mol. The van der Waals surface area contributed by atoms with Gasteiger partial charge in [0.25, 0.3) is 0 Å². The first-order valence-corrected chi connectivity index (χ1v) is 7.35. The molecular formula is C15H30N4. The Balaban J connectivity index is 2.51. The lowest BCUT2D eigenvalue weighted by atomic mass is 9.85. The van der Waals surface area contributed by atoms with Crippen molar-refractivity contribution in [2.45, 2.75) is 72.9 Å². The highest BCUT2D eigenvalue weighted by Crippen LogP contribution is 2.24. The monoisotopic (exact) mass is 266 g/mol. The van der Waals surface area contributed by atoms with Gasteiger partial charge in [-0.2, -0.15) is 5.10 Å². The number of aryl methyl sites for hydroxylation is 1. The molecule has 1 aromatic heterocycles. The Labute approximate surface area is 118 Å². The predicted molar refractivity (Wildman–Crippen MR) is 80.2 cm³/mol. The molecule has 0 aromatic carbocycles. The highest BCUT2D eigenvalue weighted by molar-refractivity contribution is 4.91. The molecule has 1 N–H and O–H groups in total. The Hall–Kier alpha value is -0.900. The summed E-state index contributed by atoms with van der Waals surface area (Å²) in [6.07, 6.45) is 4.90. The first kappa shape index (κ1) is 16.2. The van der Waals surface area contributed by atoms with Crippen molar-refractivity contribution in [2.75, 3.05) is 6.54 Å². The fraction of sp³-hybridized carbons (Fsp3) is 0.867. The van der Waals surface area contributed by atoms with Crippen LogP contribution in [0.3, 0.4) is 0 Å². The van der Waals surface area contributed by atoms with Gasteiger partial charge >= 0.3 is 0 Å². The quantitative estimate of drug-likeness (QED) is 0.825. The molecule has 0 aliphatic rings. The van der Waals surface area contributed by atoms with Gasteiger partial charge in [-0.3, -0.25) is 4.68 Å². The van der Waals surface area contributed by atoms with Crippen LogP contribution in [0.4, 0.5) is 0 Å². The number of hydrogen-bond acceptors (Lipinski definition) is 3. The second-order valence-electron chi connectivity index (χ2n) is 7.17. The minimum atomic E-state index is 0.193. The van der Waals surface area contributed by atoms with Crippen molar-refractivity contribution in [1.29, 1.82) is 0 Å². The van der Waals surface area contributed by atoms with Gasteiger partial charge in [0.2, 0.25) is 0 Å². The zero-order valence-corrected chi connectivity index (χ0v) is 13.5. The van der Waals surface area contributed by atoms with Gasteiger partial charge in [-0.15, -0.1) is 0 Å². The van der Waals surface area contributed by atoms with E-state index in [-0.39, 0.29) is 11.0 Å². The molecule has 4 nitrogen and oxygen atoms in total. The summed E-state index contributed by atoms with van der Waals surface area (Å²) in [7, 11) is 0. The summed E-state index contributed by atoms with van der Waals surface area (Å²) in [5.41, 5.74) is 0.440. The minimum absolute atomic E-state index is 0.193. The van der Waals surface area contributed by atoms with E-state index in [9.17, 15) is 0 Å². The smallest absolute Gasteiger partial charge is 0.138 e. The van der Waals surface area contributed by atoms with E-state index >= 15 is 0 Å². The van der Waals surface area contributed by atoms with Gasteiger partial charge in [-0.1, -0.05) is 20.8 Å². The van der Waals surface area contributed by atoms with Crippen molar-refractivity contribution in [3.8, 4) is 0 Å². The largest absolute Gasteiger partial charge is 0.312 e. The number of nitrogens with zero attached hydrogens (tertiary/aromatic N) is 3. The molecule has 1 aromatic rings. The predicted octanol–water partition coefficient (Wildman–Crippen LogP) is 3.04. The van der Waals surface area contributed by atoms with Crippen molar-refractivity contribution in [1.82, 2.24) is 20.1 Å². The molecule has 0 spiro atoms. The SMILES string of the molecule is CCCn1ncnc1CC(C)(C)CCNC(C)(C)C. The van der Waals surface area contributed by atoms with Crippen LogP contribution in [-0.2, 0) is 13.0 Å². The van der Waals surface area contributed by atoms with Gasteiger partial charge < -0.3 is 5.32 Å². The van der Waals surface area contributed by atoms with Crippen LogP contribution >= 0.6 is 0 Å². The maximum Gasteiger partial charge on any atom is 0.138 e. The average Bonchev–Trinajstić information content (AvgIpc) is 2.63. The molecule has 4 heteroatoms. The Morgan fingerprint density at radius 1 is 1.21 bits per heavy atom. The summed E-state index contributed by atoms with van der Waals surface area (Å²) < 4.78 is 2.04. The standard InChI is InChI=1S/C15H30N4/c1-7-10-19-13(16-12-18-19)11-15(5,6)8-9-17-14(2,3)4/h12,17H,7-11H2,1-6H3. The van der Waals surface area contributed by atoms with Crippen LogP contribution in [0.25, 0.3) is 0 Å². The lowest BCUT2D eigenvalue weighted by Crippen LogP contribution is -2.38. The number of hydrogen-bond donors (Lipinski definition) is 1. The van der Waals surface area contributed by atoms with Crippen LogP contribution in [0, 0.1) is 5.41 Å². The number of aromatic nitrogens is 3. The van der Waals surface area contributed by atoms with E-state index in [1.165, 1.54) is 0 Å². The van der Waals surface area contributed by atoms with E-state index < -0.39 is 0 Å². The molecule has 0 amide bonds. The minimum Gasteiger partial charge on any atom is -0.312 e. The summed E-state index contributed by atoms with van der Waals surface area (Å²) in [6.45, 7) is 15.4. The maximum absolute atomic E-state index is 4.41.